The van der Waals surface area contributed by atoms with Gasteiger partial charge in [0.05, 0.1) is 23.4 Å². The first-order chi connectivity index (χ1) is 13.9. The van der Waals surface area contributed by atoms with Crippen LogP contribution in [0.3, 0.4) is 0 Å². The number of alkyl halides is 3. The van der Waals surface area contributed by atoms with Crippen molar-refractivity contribution >= 4 is 22.5 Å². The molecular weight excluding hydrogens is 385 g/mol. The Kier molecular flexibility index (Phi) is 4.48. The van der Waals surface area contributed by atoms with Crippen LogP contribution in [0.4, 0.5) is 24.7 Å². The number of nitriles is 1. The third kappa shape index (κ3) is 3.93. The first kappa shape index (κ1) is 18.2. The van der Waals surface area contributed by atoms with Gasteiger partial charge in [-0.25, -0.2) is 9.97 Å². The average Bonchev–Trinajstić information content (AvgIpc) is 3.07. The molecule has 2 aromatic heterocycles. The summed E-state index contributed by atoms with van der Waals surface area (Å²) in [6.45, 7) is 0. The van der Waals surface area contributed by atoms with Crippen LogP contribution in [0, 0.1) is 11.3 Å². The van der Waals surface area contributed by atoms with E-state index in [1.165, 1.54) is 36.7 Å². The maximum absolute atomic E-state index is 12.3. The van der Waals surface area contributed by atoms with E-state index in [9.17, 15) is 18.4 Å². The molecule has 0 saturated heterocycles. The molecule has 0 aliphatic carbocycles. The van der Waals surface area contributed by atoms with Gasteiger partial charge in [-0.2, -0.15) is 5.26 Å². The Morgan fingerprint density at radius 3 is 2.48 bits per heavy atom. The van der Waals surface area contributed by atoms with Gasteiger partial charge < -0.3 is 10.1 Å². The number of para-hydroxylation sites is 2. The summed E-state index contributed by atoms with van der Waals surface area (Å²) in [7, 11) is 0. The number of fused-ring (bicyclic) bond motifs is 1. The minimum atomic E-state index is -4.75. The summed E-state index contributed by atoms with van der Waals surface area (Å²) in [5, 5.41) is 12.4. The predicted molar refractivity (Wildman–Crippen MR) is 97.8 cm³/mol. The number of nitrogens with one attached hydrogen (secondary N) is 1. The molecule has 0 bridgehead atoms. The van der Waals surface area contributed by atoms with Gasteiger partial charge in [0, 0.05) is 5.69 Å². The van der Waals surface area contributed by atoms with E-state index in [1.54, 1.807) is 10.6 Å². The molecule has 0 atom stereocenters. The second-order valence-electron chi connectivity index (χ2n) is 5.83. The van der Waals surface area contributed by atoms with Crippen molar-refractivity contribution < 1.29 is 17.9 Å². The van der Waals surface area contributed by atoms with Gasteiger partial charge in [0.25, 0.3) is 0 Å². The maximum atomic E-state index is 12.3. The van der Waals surface area contributed by atoms with Crippen LogP contribution < -0.4 is 10.1 Å². The largest absolute Gasteiger partial charge is 0.573 e. The molecule has 4 aromatic rings. The van der Waals surface area contributed by atoms with Crippen LogP contribution in [0.1, 0.15) is 5.82 Å². The minimum absolute atomic E-state index is 0.159. The summed E-state index contributed by atoms with van der Waals surface area (Å²) in [5.41, 5.74) is 1.83. The zero-order chi connectivity index (χ0) is 20.4. The van der Waals surface area contributed by atoms with Gasteiger partial charge in [-0.1, -0.05) is 12.1 Å². The third-order valence-corrected chi connectivity index (χ3v) is 3.87. The Morgan fingerprint density at radius 2 is 1.76 bits per heavy atom. The number of benzene rings is 2. The number of imidazole rings is 1. The first-order valence-electron chi connectivity index (χ1n) is 8.26. The molecule has 2 heterocycles. The average molecular weight is 396 g/mol. The zero-order valence-corrected chi connectivity index (χ0v) is 14.6. The topological polar surface area (TPSA) is 88.7 Å². The normalized spacial score (nSPS) is 11.2. The number of ether oxygens (including phenoxy) is 1. The van der Waals surface area contributed by atoms with E-state index in [0.29, 0.717) is 28.4 Å². The number of hydrogen-bond acceptors (Lipinski definition) is 6. The van der Waals surface area contributed by atoms with Gasteiger partial charge in [0.2, 0.25) is 5.82 Å². The van der Waals surface area contributed by atoms with Crippen molar-refractivity contribution in [3.63, 3.8) is 0 Å². The van der Waals surface area contributed by atoms with Gasteiger partial charge in [0.1, 0.15) is 11.8 Å². The molecule has 7 nitrogen and oxygen atoms in total. The van der Waals surface area contributed by atoms with Crippen LogP contribution in [0.2, 0.25) is 0 Å². The highest BCUT2D eigenvalue weighted by Crippen LogP contribution is 2.25. The van der Waals surface area contributed by atoms with Crippen LogP contribution in [0.25, 0.3) is 16.9 Å². The fraction of sp³-hybridized carbons (Fsp3) is 0.0526. The van der Waals surface area contributed by atoms with Crippen molar-refractivity contribution in [3.05, 3.63) is 66.7 Å². The number of rotatable bonds is 4. The molecule has 2 aromatic carbocycles. The van der Waals surface area contributed by atoms with Crippen molar-refractivity contribution in [2.75, 3.05) is 5.32 Å². The number of anilines is 2. The molecule has 10 heteroatoms. The van der Waals surface area contributed by atoms with Crippen LogP contribution in [0.5, 0.6) is 5.75 Å². The van der Waals surface area contributed by atoms with E-state index in [-0.39, 0.29) is 11.6 Å². The van der Waals surface area contributed by atoms with Gasteiger partial charge >= 0.3 is 6.36 Å². The molecule has 0 saturated carbocycles. The van der Waals surface area contributed by atoms with E-state index in [4.69, 9.17) is 0 Å². The van der Waals surface area contributed by atoms with Crippen molar-refractivity contribution in [2.45, 2.75) is 6.36 Å². The molecule has 0 fully saturated rings. The lowest BCUT2D eigenvalue weighted by atomic mass is 10.3. The standard InChI is InChI=1S/C19H11F3N6O/c20-19(21,22)29-13-7-5-12(6-8-13)25-16-10-24-11-18(27-16)28-15-4-2-1-3-14(15)26-17(28)9-23/h1-8,10-11H,(H,25,27). The Bertz CT molecular complexity index is 1210. The van der Waals surface area contributed by atoms with E-state index in [1.807, 2.05) is 24.3 Å². The molecule has 0 spiro atoms. The minimum Gasteiger partial charge on any atom is -0.406 e. The summed E-state index contributed by atoms with van der Waals surface area (Å²) < 4.78 is 42.2. The van der Waals surface area contributed by atoms with Crippen LogP contribution in [-0.4, -0.2) is 25.9 Å². The number of hydrogen-bond donors (Lipinski definition) is 1. The molecule has 0 radical (unpaired) electrons. The second kappa shape index (κ2) is 7.12. The zero-order valence-electron chi connectivity index (χ0n) is 14.6. The fourth-order valence-corrected chi connectivity index (χ4v) is 2.74. The molecule has 0 aliphatic heterocycles. The van der Waals surface area contributed by atoms with Crippen LogP contribution >= 0.6 is 0 Å². The molecule has 0 aliphatic rings. The summed E-state index contributed by atoms with van der Waals surface area (Å²) in [6.07, 6.45) is -1.81. The molecular formula is C19H11F3N6O. The van der Waals surface area contributed by atoms with Crippen molar-refractivity contribution in [1.29, 1.82) is 5.26 Å². The van der Waals surface area contributed by atoms with Gasteiger partial charge in [0.15, 0.2) is 11.6 Å². The lowest BCUT2D eigenvalue weighted by molar-refractivity contribution is -0.274. The molecule has 29 heavy (non-hydrogen) atoms. The summed E-state index contributed by atoms with van der Waals surface area (Å²) in [4.78, 5) is 12.8. The highest BCUT2D eigenvalue weighted by molar-refractivity contribution is 5.78. The smallest absolute Gasteiger partial charge is 0.406 e. The highest BCUT2D eigenvalue weighted by Gasteiger charge is 2.30. The van der Waals surface area contributed by atoms with Crippen LogP contribution in [0.15, 0.2) is 60.9 Å². The Morgan fingerprint density at radius 1 is 1.00 bits per heavy atom. The Labute approximate surface area is 162 Å². The predicted octanol–water partition coefficient (Wildman–Crippen LogP) is 4.33. The second-order valence-corrected chi connectivity index (χ2v) is 5.83. The maximum Gasteiger partial charge on any atom is 0.573 e. The number of aromatic nitrogens is 4. The van der Waals surface area contributed by atoms with E-state index >= 15 is 0 Å². The Hall–Kier alpha value is -4.13. The van der Waals surface area contributed by atoms with Crippen molar-refractivity contribution in [1.82, 2.24) is 19.5 Å². The number of halogens is 3. The molecule has 1 N–H and O–H groups in total. The van der Waals surface area contributed by atoms with Crippen molar-refractivity contribution in [2.24, 2.45) is 0 Å². The third-order valence-electron chi connectivity index (χ3n) is 3.87. The lowest BCUT2D eigenvalue weighted by Crippen LogP contribution is -2.16. The highest BCUT2D eigenvalue weighted by atomic mass is 19.4. The van der Waals surface area contributed by atoms with E-state index in [2.05, 4.69) is 25.0 Å². The molecule has 0 unspecified atom stereocenters. The molecule has 144 valence electrons. The van der Waals surface area contributed by atoms with E-state index in [0.717, 1.165) is 0 Å². The molecule has 0 amide bonds. The monoisotopic (exact) mass is 396 g/mol. The first-order valence-corrected chi connectivity index (χ1v) is 8.26. The van der Waals surface area contributed by atoms with E-state index < -0.39 is 6.36 Å². The van der Waals surface area contributed by atoms with Gasteiger partial charge in [-0.15, -0.1) is 13.2 Å². The summed E-state index contributed by atoms with van der Waals surface area (Å²) in [6, 6.07) is 14.5. The molecule has 4 rings (SSSR count). The summed E-state index contributed by atoms with van der Waals surface area (Å²) in [5.74, 6) is 0.545. The van der Waals surface area contributed by atoms with Gasteiger partial charge in [-0.3, -0.25) is 9.55 Å². The SMILES string of the molecule is N#Cc1nc2ccccc2n1-c1cncc(Nc2ccc(OC(F)(F)F)cc2)n1. The van der Waals surface area contributed by atoms with Gasteiger partial charge in [-0.05, 0) is 36.4 Å². The Balaban J connectivity index is 1.63. The quantitative estimate of drug-likeness (QED) is 0.552. The van der Waals surface area contributed by atoms with Crippen molar-refractivity contribution in [3.8, 4) is 17.6 Å². The lowest BCUT2D eigenvalue weighted by Gasteiger charge is -2.11. The number of nitrogens with zero attached hydrogens (tertiary/aromatic N) is 5. The van der Waals surface area contributed by atoms with Crippen LogP contribution in [-0.2, 0) is 0 Å². The fourth-order valence-electron chi connectivity index (χ4n) is 2.74. The summed E-state index contributed by atoms with van der Waals surface area (Å²) >= 11 is 0.